The summed E-state index contributed by atoms with van der Waals surface area (Å²) in [6.45, 7) is 2.24. The molecule has 27 heavy (non-hydrogen) atoms. The van der Waals surface area contributed by atoms with E-state index in [2.05, 4.69) is 15.3 Å². The lowest BCUT2D eigenvalue weighted by molar-refractivity contribution is -0.134. The summed E-state index contributed by atoms with van der Waals surface area (Å²) in [6, 6.07) is 15.8. The molecule has 1 fully saturated rings. The first-order valence-electron chi connectivity index (χ1n) is 9.33. The van der Waals surface area contributed by atoms with E-state index in [9.17, 15) is 4.79 Å². The van der Waals surface area contributed by atoms with Crippen molar-refractivity contribution in [3.05, 3.63) is 59.9 Å². The summed E-state index contributed by atoms with van der Waals surface area (Å²) in [6.07, 6.45) is 1.04. The first-order valence-corrected chi connectivity index (χ1v) is 9.33. The van der Waals surface area contributed by atoms with Crippen LogP contribution in [0.25, 0.3) is 11.0 Å². The van der Waals surface area contributed by atoms with Crippen LogP contribution in [0.3, 0.4) is 0 Å². The van der Waals surface area contributed by atoms with E-state index in [1.807, 2.05) is 53.4 Å². The Labute approximate surface area is 158 Å². The fourth-order valence-corrected chi connectivity index (χ4v) is 3.72. The van der Waals surface area contributed by atoms with Crippen LogP contribution in [0.2, 0.25) is 0 Å². The highest BCUT2D eigenvalue weighted by molar-refractivity contribution is 5.78. The third-order valence-corrected chi connectivity index (χ3v) is 5.08. The van der Waals surface area contributed by atoms with E-state index in [-0.39, 0.29) is 11.9 Å². The number of para-hydroxylation sites is 3. The average Bonchev–Trinajstić information content (AvgIpc) is 3.15. The number of aryl methyl sites for hydroxylation is 1. The molecule has 0 radical (unpaired) electrons. The van der Waals surface area contributed by atoms with Crippen LogP contribution in [-0.2, 0) is 11.2 Å². The molecule has 6 heteroatoms. The Morgan fingerprint density at radius 1 is 1.22 bits per heavy atom. The zero-order valence-corrected chi connectivity index (χ0v) is 15.4. The molecule has 4 rings (SSSR count). The number of hydrogen-bond donors (Lipinski definition) is 2. The van der Waals surface area contributed by atoms with Gasteiger partial charge in [0.05, 0.1) is 24.2 Å². The SMILES string of the molecule is COc1ccccc1C1CNCCN1C(=O)CCc1nc2ccccc2[nH]1. The molecule has 0 saturated carbocycles. The second-order valence-corrected chi connectivity index (χ2v) is 6.75. The highest BCUT2D eigenvalue weighted by atomic mass is 16.5. The summed E-state index contributed by atoms with van der Waals surface area (Å²) in [4.78, 5) is 22.8. The molecule has 1 saturated heterocycles. The van der Waals surface area contributed by atoms with Crippen molar-refractivity contribution in [1.29, 1.82) is 0 Å². The molecular weight excluding hydrogens is 340 g/mol. The Morgan fingerprint density at radius 2 is 2.04 bits per heavy atom. The normalized spacial score (nSPS) is 17.2. The van der Waals surface area contributed by atoms with Crippen LogP contribution in [-0.4, -0.2) is 47.5 Å². The number of nitrogens with zero attached hydrogens (tertiary/aromatic N) is 2. The van der Waals surface area contributed by atoms with Crippen LogP contribution in [0.4, 0.5) is 0 Å². The van der Waals surface area contributed by atoms with E-state index < -0.39 is 0 Å². The second-order valence-electron chi connectivity index (χ2n) is 6.75. The van der Waals surface area contributed by atoms with Gasteiger partial charge in [-0.3, -0.25) is 4.79 Å². The minimum Gasteiger partial charge on any atom is -0.496 e. The van der Waals surface area contributed by atoms with Gasteiger partial charge in [0, 0.05) is 38.0 Å². The molecule has 1 unspecified atom stereocenters. The van der Waals surface area contributed by atoms with E-state index in [0.717, 1.165) is 41.3 Å². The maximum absolute atomic E-state index is 13.0. The van der Waals surface area contributed by atoms with E-state index in [1.54, 1.807) is 7.11 Å². The van der Waals surface area contributed by atoms with Crippen LogP contribution in [0.5, 0.6) is 5.75 Å². The highest BCUT2D eigenvalue weighted by Crippen LogP contribution is 2.30. The van der Waals surface area contributed by atoms with Crippen molar-refractivity contribution in [2.45, 2.75) is 18.9 Å². The standard InChI is InChI=1S/C21H24N4O2/c1-27-19-9-5-2-6-15(19)18-14-22-12-13-25(18)21(26)11-10-20-23-16-7-3-4-8-17(16)24-20/h2-9,18,22H,10-14H2,1H3,(H,23,24). The highest BCUT2D eigenvalue weighted by Gasteiger charge is 2.29. The summed E-state index contributed by atoms with van der Waals surface area (Å²) >= 11 is 0. The topological polar surface area (TPSA) is 70.2 Å². The number of aromatic nitrogens is 2. The lowest BCUT2D eigenvalue weighted by Crippen LogP contribution is -2.48. The maximum Gasteiger partial charge on any atom is 0.223 e. The number of methoxy groups -OCH3 is 1. The smallest absolute Gasteiger partial charge is 0.223 e. The molecule has 0 bridgehead atoms. The lowest BCUT2D eigenvalue weighted by atomic mass is 10.0. The number of rotatable bonds is 5. The number of ether oxygens (including phenoxy) is 1. The molecule has 1 amide bonds. The second kappa shape index (κ2) is 7.80. The van der Waals surface area contributed by atoms with Crippen molar-refractivity contribution < 1.29 is 9.53 Å². The lowest BCUT2D eigenvalue weighted by Gasteiger charge is -2.37. The van der Waals surface area contributed by atoms with Crippen molar-refractivity contribution in [2.24, 2.45) is 0 Å². The van der Waals surface area contributed by atoms with Gasteiger partial charge in [-0.25, -0.2) is 4.98 Å². The van der Waals surface area contributed by atoms with Gasteiger partial charge in [-0.15, -0.1) is 0 Å². The van der Waals surface area contributed by atoms with Gasteiger partial charge < -0.3 is 19.9 Å². The zero-order valence-electron chi connectivity index (χ0n) is 15.4. The molecule has 0 spiro atoms. The Bertz CT molecular complexity index is 904. The van der Waals surface area contributed by atoms with Gasteiger partial charge in [0.2, 0.25) is 5.91 Å². The summed E-state index contributed by atoms with van der Waals surface area (Å²) in [5, 5.41) is 3.39. The Kier molecular flexibility index (Phi) is 5.07. The van der Waals surface area contributed by atoms with Crippen molar-refractivity contribution >= 4 is 16.9 Å². The minimum atomic E-state index is -0.0157. The van der Waals surface area contributed by atoms with Crippen LogP contribution in [0.15, 0.2) is 48.5 Å². The predicted octanol–water partition coefficient (Wildman–Crippen LogP) is 2.68. The van der Waals surface area contributed by atoms with Crippen molar-refractivity contribution in [1.82, 2.24) is 20.2 Å². The zero-order chi connectivity index (χ0) is 18.6. The van der Waals surface area contributed by atoms with Gasteiger partial charge in [0.15, 0.2) is 0 Å². The van der Waals surface area contributed by atoms with Crippen LogP contribution in [0.1, 0.15) is 23.9 Å². The third kappa shape index (κ3) is 3.66. The minimum absolute atomic E-state index is 0.0157. The number of amides is 1. The van der Waals surface area contributed by atoms with Gasteiger partial charge in [0.25, 0.3) is 0 Å². The molecule has 3 aromatic rings. The number of nitrogens with one attached hydrogen (secondary N) is 2. The fourth-order valence-electron chi connectivity index (χ4n) is 3.72. The maximum atomic E-state index is 13.0. The van der Waals surface area contributed by atoms with Crippen LogP contribution in [0, 0.1) is 0 Å². The van der Waals surface area contributed by atoms with Crippen LogP contribution < -0.4 is 10.1 Å². The molecule has 6 nitrogen and oxygen atoms in total. The van der Waals surface area contributed by atoms with Gasteiger partial charge >= 0.3 is 0 Å². The molecule has 140 valence electrons. The quantitative estimate of drug-likeness (QED) is 0.730. The molecule has 1 atom stereocenters. The number of H-pyrrole nitrogens is 1. The number of imidazole rings is 1. The van der Waals surface area contributed by atoms with E-state index in [4.69, 9.17) is 4.74 Å². The Hall–Kier alpha value is -2.86. The predicted molar refractivity (Wildman–Crippen MR) is 105 cm³/mol. The first kappa shape index (κ1) is 17.5. The molecule has 2 heterocycles. The van der Waals surface area contributed by atoms with Crippen molar-refractivity contribution in [3.8, 4) is 5.75 Å². The van der Waals surface area contributed by atoms with Gasteiger partial charge in [-0.05, 0) is 18.2 Å². The van der Waals surface area contributed by atoms with E-state index in [1.165, 1.54) is 0 Å². The number of hydrogen-bond acceptors (Lipinski definition) is 4. The summed E-state index contributed by atoms with van der Waals surface area (Å²) < 4.78 is 5.51. The Balaban J connectivity index is 1.48. The summed E-state index contributed by atoms with van der Waals surface area (Å²) in [7, 11) is 1.67. The molecule has 1 aromatic heterocycles. The number of fused-ring (bicyclic) bond motifs is 1. The average molecular weight is 364 g/mol. The summed E-state index contributed by atoms with van der Waals surface area (Å²) in [5.74, 6) is 1.82. The van der Waals surface area contributed by atoms with Crippen LogP contribution >= 0.6 is 0 Å². The van der Waals surface area contributed by atoms with Gasteiger partial charge in [-0.2, -0.15) is 0 Å². The van der Waals surface area contributed by atoms with Crippen molar-refractivity contribution in [3.63, 3.8) is 0 Å². The molecule has 1 aliphatic rings. The number of benzene rings is 2. The number of aromatic amines is 1. The molecular formula is C21H24N4O2. The Morgan fingerprint density at radius 3 is 2.89 bits per heavy atom. The van der Waals surface area contributed by atoms with Crippen molar-refractivity contribution in [2.75, 3.05) is 26.7 Å². The monoisotopic (exact) mass is 364 g/mol. The molecule has 2 N–H and O–H groups in total. The number of carbonyl (C=O) groups is 1. The van der Waals surface area contributed by atoms with E-state index >= 15 is 0 Å². The number of piperazine rings is 1. The molecule has 1 aliphatic heterocycles. The van der Waals surface area contributed by atoms with Gasteiger partial charge in [-0.1, -0.05) is 30.3 Å². The third-order valence-electron chi connectivity index (χ3n) is 5.08. The van der Waals surface area contributed by atoms with E-state index in [0.29, 0.717) is 19.4 Å². The largest absolute Gasteiger partial charge is 0.496 e. The number of carbonyl (C=O) groups excluding carboxylic acids is 1. The molecule has 2 aromatic carbocycles. The fraction of sp³-hybridized carbons (Fsp3) is 0.333. The first-order chi connectivity index (χ1) is 13.3. The van der Waals surface area contributed by atoms with Gasteiger partial charge in [0.1, 0.15) is 11.6 Å². The molecule has 0 aliphatic carbocycles. The summed E-state index contributed by atoms with van der Waals surface area (Å²) in [5.41, 5.74) is 2.99.